The molecule has 0 radical (unpaired) electrons. The summed E-state index contributed by atoms with van der Waals surface area (Å²) in [6, 6.07) is 10.5. The Hall–Kier alpha value is -4.21. The molecular weight excluding hydrogens is 488 g/mol. The number of nitrogens with zero attached hydrogens (tertiary/aromatic N) is 2. The van der Waals surface area contributed by atoms with Crippen molar-refractivity contribution in [2.45, 2.75) is 64.8 Å². The summed E-state index contributed by atoms with van der Waals surface area (Å²) in [5.41, 5.74) is 2.43. The summed E-state index contributed by atoms with van der Waals surface area (Å²) >= 11 is 0. The van der Waals surface area contributed by atoms with Crippen molar-refractivity contribution in [2.75, 3.05) is 12.4 Å². The first-order chi connectivity index (χ1) is 17.8. The highest BCUT2D eigenvalue weighted by molar-refractivity contribution is 6.06. The zero-order valence-corrected chi connectivity index (χ0v) is 22.2. The molecule has 0 saturated carbocycles. The Labute approximate surface area is 221 Å². The lowest BCUT2D eigenvalue weighted by Gasteiger charge is -2.30. The van der Waals surface area contributed by atoms with E-state index in [1.807, 2.05) is 19.1 Å². The number of ether oxygens (including phenoxy) is 1. The van der Waals surface area contributed by atoms with E-state index in [1.165, 1.54) is 16.8 Å². The van der Waals surface area contributed by atoms with E-state index < -0.39 is 35.6 Å². The summed E-state index contributed by atoms with van der Waals surface area (Å²) < 4.78 is 5.49. The predicted octanol–water partition coefficient (Wildman–Crippen LogP) is 3.30. The van der Waals surface area contributed by atoms with Gasteiger partial charge >= 0.3 is 6.09 Å². The molecule has 10 heteroatoms. The molecule has 0 bridgehead atoms. The van der Waals surface area contributed by atoms with Gasteiger partial charge in [0.05, 0.1) is 0 Å². The fourth-order valence-corrected chi connectivity index (χ4v) is 4.60. The second-order valence-electron chi connectivity index (χ2n) is 10.7. The first kappa shape index (κ1) is 26.8. The molecule has 5 amide bonds. The molecule has 38 heavy (non-hydrogen) atoms. The van der Waals surface area contributed by atoms with Crippen molar-refractivity contribution >= 4 is 35.4 Å². The third kappa shape index (κ3) is 5.69. The minimum Gasteiger partial charge on any atom is -0.444 e. The maximum atomic E-state index is 13.5. The molecule has 4 rings (SSSR count). The fourth-order valence-electron chi connectivity index (χ4n) is 4.60. The molecule has 2 aliphatic heterocycles. The Bertz CT molecular complexity index is 1300. The van der Waals surface area contributed by atoms with Crippen LogP contribution in [0, 0.1) is 6.92 Å². The lowest BCUT2D eigenvalue weighted by molar-refractivity contribution is -0.137. The van der Waals surface area contributed by atoms with Gasteiger partial charge in [-0.2, -0.15) is 0 Å². The summed E-state index contributed by atoms with van der Waals surface area (Å²) in [6.45, 7) is 7.38. The van der Waals surface area contributed by atoms with Gasteiger partial charge in [-0.1, -0.05) is 29.8 Å². The number of carbonyl (C=O) groups excluding carboxylic acids is 5. The number of piperidine rings is 1. The van der Waals surface area contributed by atoms with Gasteiger partial charge in [0.15, 0.2) is 0 Å². The number of carbonyl (C=O) groups is 5. The van der Waals surface area contributed by atoms with Gasteiger partial charge in [-0.25, -0.2) is 4.79 Å². The highest BCUT2D eigenvalue weighted by atomic mass is 16.6. The first-order valence-electron chi connectivity index (χ1n) is 12.4. The monoisotopic (exact) mass is 520 g/mol. The lowest BCUT2D eigenvalue weighted by atomic mass is 10.0. The lowest BCUT2D eigenvalue weighted by Crippen LogP contribution is -2.52. The number of anilines is 1. The average molecular weight is 521 g/mol. The third-order valence-corrected chi connectivity index (χ3v) is 6.50. The van der Waals surface area contributed by atoms with Gasteiger partial charge in [0.25, 0.3) is 11.8 Å². The van der Waals surface area contributed by atoms with Gasteiger partial charge in [-0.15, -0.1) is 0 Å². The Morgan fingerprint density at radius 3 is 2.42 bits per heavy atom. The fraction of sp³-hybridized carbons (Fsp3) is 0.393. The normalized spacial score (nSPS) is 18.0. The van der Waals surface area contributed by atoms with Gasteiger partial charge in [-0.05, 0) is 63.4 Å². The van der Waals surface area contributed by atoms with Gasteiger partial charge < -0.3 is 15.0 Å². The van der Waals surface area contributed by atoms with Crippen molar-refractivity contribution in [3.8, 4) is 0 Å². The van der Waals surface area contributed by atoms with Gasteiger partial charge in [0.2, 0.25) is 11.8 Å². The SMILES string of the molecule is Cc1ccc(C(C(=O)Nc2ccc3c(c2)CN(C2CCC(=O)NC2=O)C3=O)N(C)C(=O)OC(C)(C)C)cc1. The minimum atomic E-state index is -0.972. The standard InChI is InChI=1S/C28H32N4O6/c1-16-6-8-17(9-7-16)23(31(5)27(37)38-28(2,3)4)25(35)29-19-10-11-20-18(14-19)15-32(26(20)36)21-12-13-22(33)30-24(21)34/h6-11,14,21,23H,12-13,15H2,1-5H3,(H,29,35)(H,30,33,34). The summed E-state index contributed by atoms with van der Waals surface area (Å²) in [7, 11) is 1.51. The van der Waals surface area contributed by atoms with Crippen molar-refractivity contribution in [2.24, 2.45) is 0 Å². The van der Waals surface area contributed by atoms with E-state index in [4.69, 9.17) is 4.74 Å². The molecule has 10 nitrogen and oxygen atoms in total. The molecule has 2 aromatic rings. The molecule has 2 aliphatic rings. The van der Waals surface area contributed by atoms with Gasteiger partial charge in [0.1, 0.15) is 17.7 Å². The third-order valence-electron chi connectivity index (χ3n) is 6.50. The van der Waals surface area contributed by atoms with Gasteiger partial charge in [-0.3, -0.25) is 29.4 Å². The molecule has 0 spiro atoms. The first-order valence-corrected chi connectivity index (χ1v) is 12.4. The largest absolute Gasteiger partial charge is 0.444 e. The number of imide groups is 1. The van der Waals surface area contributed by atoms with Crippen molar-refractivity contribution in [3.63, 3.8) is 0 Å². The molecule has 2 atom stereocenters. The van der Waals surface area contributed by atoms with Crippen LogP contribution in [0.4, 0.5) is 10.5 Å². The van der Waals surface area contributed by atoms with Crippen LogP contribution in [0.3, 0.4) is 0 Å². The Kier molecular flexibility index (Phi) is 7.26. The second-order valence-corrected chi connectivity index (χ2v) is 10.7. The molecule has 200 valence electrons. The zero-order valence-electron chi connectivity index (χ0n) is 22.2. The number of aryl methyl sites for hydroxylation is 1. The van der Waals surface area contributed by atoms with Crippen LogP contribution in [0.25, 0.3) is 0 Å². The van der Waals surface area contributed by atoms with E-state index in [0.717, 1.165) is 5.56 Å². The van der Waals surface area contributed by atoms with E-state index in [1.54, 1.807) is 51.1 Å². The summed E-state index contributed by atoms with van der Waals surface area (Å²) in [6.07, 6.45) is -0.204. The number of amides is 5. The van der Waals surface area contributed by atoms with Crippen LogP contribution in [0.5, 0.6) is 0 Å². The van der Waals surface area contributed by atoms with Crippen LogP contribution < -0.4 is 10.6 Å². The molecule has 1 fully saturated rings. The van der Waals surface area contributed by atoms with Gasteiger partial charge in [0, 0.05) is 31.3 Å². The van der Waals surface area contributed by atoms with Crippen LogP contribution in [-0.4, -0.2) is 58.2 Å². The Morgan fingerprint density at radius 1 is 1.11 bits per heavy atom. The topological polar surface area (TPSA) is 125 Å². The summed E-state index contributed by atoms with van der Waals surface area (Å²) in [4.78, 5) is 65.9. The van der Waals surface area contributed by atoms with Crippen LogP contribution in [0.2, 0.25) is 0 Å². The number of nitrogens with one attached hydrogen (secondary N) is 2. The van der Waals surface area contributed by atoms with E-state index in [2.05, 4.69) is 10.6 Å². The van der Waals surface area contributed by atoms with Crippen molar-refractivity contribution in [1.82, 2.24) is 15.1 Å². The number of rotatable bonds is 5. The Morgan fingerprint density at radius 2 is 1.79 bits per heavy atom. The molecule has 0 aliphatic carbocycles. The molecular formula is C28H32N4O6. The van der Waals surface area contributed by atoms with E-state index >= 15 is 0 Å². The van der Waals surface area contributed by atoms with E-state index in [0.29, 0.717) is 22.4 Å². The van der Waals surface area contributed by atoms with Crippen LogP contribution >= 0.6 is 0 Å². The summed E-state index contributed by atoms with van der Waals surface area (Å²) in [5.74, 6) is -1.58. The second kappa shape index (κ2) is 10.3. The van der Waals surface area contributed by atoms with Crippen molar-refractivity contribution in [1.29, 1.82) is 0 Å². The zero-order chi connectivity index (χ0) is 27.8. The number of hydrogen-bond acceptors (Lipinski definition) is 6. The number of likely N-dealkylation sites (N-methyl/N-ethyl adjacent to an activating group) is 1. The molecule has 0 aromatic heterocycles. The molecule has 2 heterocycles. The number of fused-ring (bicyclic) bond motifs is 1. The van der Waals surface area contributed by atoms with E-state index in [9.17, 15) is 24.0 Å². The number of benzene rings is 2. The molecule has 1 saturated heterocycles. The average Bonchev–Trinajstić information content (AvgIpc) is 3.14. The molecule has 2 N–H and O–H groups in total. The minimum absolute atomic E-state index is 0.170. The predicted molar refractivity (Wildman–Crippen MR) is 139 cm³/mol. The Balaban J connectivity index is 1.55. The maximum absolute atomic E-state index is 13.5. The highest BCUT2D eigenvalue weighted by Crippen LogP contribution is 2.30. The maximum Gasteiger partial charge on any atom is 0.410 e. The quantitative estimate of drug-likeness (QED) is 0.583. The number of hydrogen-bond donors (Lipinski definition) is 2. The summed E-state index contributed by atoms with van der Waals surface area (Å²) in [5, 5.41) is 5.15. The molecule has 2 unspecified atom stereocenters. The smallest absolute Gasteiger partial charge is 0.410 e. The van der Waals surface area contributed by atoms with Crippen LogP contribution in [-0.2, 0) is 25.7 Å². The van der Waals surface area contributed by atoms with Crippen molar-refractivity contribution < 1.29 is 28.7 Å². The van der Waals surface area contributed by atoms with Crippen LogP contribution in [0.15, 0.2) is 42.5 Å². The van der Waals surface area contributed by atoms with Crippen molar-refractivity contribution in [3.05, 3.63) is 64.7 Å². The van der Waals surface area contributed by atoms with E-state index in [-0.39, 0.29) is 31.2 Å². The van der Waals surface area contributed by atoms with Crippen LogP contribution in [0.1, 0.15) is 66.7 Å². The molecule has 2 aromatic carbocycles. The highest BCUT2D eigenvalue weighted by Gasteiger charge is 2.39.